The van der Waals surface area contributed by atoms with E-state index in [0.29, 0.717) is 12.4 Å². The fourth-order valence-electron chi connectivity index (χ4n) is 2.80. The minimum atomic E-state index is 0.312. The fraction of sp³-hybridized carbons (Fsp3) is 0.357. The molecule has 0 saturated carbocycles. The number of pyridine rings is 1. The van der Waals surface area contributed by atoms with Crippen LogP contribution in [0.2, 0.25) is 0 Å². The van der Waals surface area contributed by atoms with Crippen LogP contribution in [0.25, 0.3) is 21.6 Å². The maximum Gasteiger partial charge on any atom is 0.130 e. The van der Waals surface area contributed by atoms with Crippen LogP contribution in [0.5, 0.6) is 0 Å². The first kappa shape index (κ1) is 17.1. The average Bonchev–Trinajstić information content (AvgIpc) is 3.21. The number of nitrogens with zero attached hydrogens (tertiary/aromatic N) is 5. The first-order valence-electron chi connectivity index (χ1n) is 7.40. The molecule has 4 heterocycles. The van der Waals surface area contributed by atoms with Gasteiger partial charge in [-0.15, -0.1) is 0 Å². The van der Waals surface area contributed by atoms with Gasteiger partial charge in [-0.1, -0.05) is 0 Å². The Labute approximate surface area is 166 Å². The van der Waals surface area contributed by atoms with E-state index in [1.54, 1.807) is 0 Å². The molecule has 1 unspecified atom stereocenters. The largest absolute Gasteiger partial charge is 0.377 e. The Bertz CT molecular complexity index is 887. The highest BCUT2D eigenvalue weighted by Crippen LogP contribution is 2.38. The second-order valence-corrected chi connectivity index (χ2v) is 9.17. The Morgan fingerprint density at radius 3 is 3.17 bits per heavy atom. The smallest absolute Gasteiger partial charge is 0.130 e. The normalized spacial score (nSPS) is 19.0. The SMILES string of the molecule is C[C@@H]1COCCN1c1cc(Br)c2snc(-c3ccnn3PI)c2n1. The van der Waals surface area contributed by atoms with Gasteiger partial charge >= 0.3 is 0 Å². The molecule has 126 valence electrons. The van der Waals surface area contributed by atoms with Gasteiger partial charge in [-0.2, -0.15) is 9.47 Å². The van der Waals surface area contributed by atoms with Gasteiger partial charge in [0.2, 0.25) is 0 Å². The molecular formula is C14H14BrIN5OPS. The van der Waals surface area contributed by atoms with E-state index in [1.165, 1.54) is 11.5 Å². The molecule has 6 nitrogen and oxygen atoms in total. The van der Waals surface area contributed by atoms with Gasteiger partial charge in [0.15, 0.2) is 0 Å². The Kier molecular flexibility index (Phi) is 5.06. The summed E-state index contributed by atoms with van der Waals surface area (Å²) < 4.78 is 14.3. The second kappa shape index (κ2) is 7.11. The van der Waals surface area contributed by atoms with Gasteiger partial charge in [-0.3, -0.25) is 0 Å². The maximum absolute atomic E-state index is 5.55. The lowest BCUT2D eigenvalue weighted by molar-refractivity contribution is 0.0985. The van der Waals surface area contributed by atoms with Gasteiger partial charge in [-0.05, 0) is 68.6 Å². The van der Waals surface area contributed by atoms with E-state index in [4.69, 9.17) is 9.72 Å². The van der Waals surface area contributed by atoms with E-state index in [1.807, 2.05) is 16.7 Å². The molecule has 0 radical (unpaired) electrons. The summed E-state index contributed by atoms with van der Waals surface area (Å²) >= 11 is 7.50. The number of aromatic nitrogens is 4. The zero-order chi connectivity index (χ0) is 16.7. The predicted octanol–water partition coefficient (Wildman–Crippen LogP) is 4.33. The van der Waals surface area contributed by atoms with Crippen molar-refractivity contribution in [3.8, 4) is 11.4 Å². The van der Waals surface area contributed by atoms with Crippen molar-refractivity contribution < 1.29 is 4.74 Å². The summed E-state index contributed by atoms with van der Waals surface area (Å²) in [6.07, 6.45) is 2.35. The third-order valence-electron chi connectivity index (χ3n) is 3.99. The Morgan fingerprint density at radius 1 is 1.50 bits per heavy atom. The van der Waals surface area contributed by atoms with E-state index in [2.05, 4.69) is 65.3 Å². The lowest BCUT2D eigenvalue weighted by atomic mass is 10.2. The molecule has 0 amide bonds. The summed E-state index contributed by atoms with van der Waals surface area (Å²) in [4.78, 5) is 7.25. The van der Waals surface area contributed by atoms with Gasteiger partial charge < -0.3 is 9.64 Å². The molecule has 1 fully saturated rings. The van der Waals surface area contributed by atoms with Crippen molar-refractivity contribution in [2.75, 3.05) is 24.7 Å². The number of halogens is 2. The van der Waals surface area contributed by atoms with Crippen LogP contribution in [0.15, 0.2) is 22.8 Å². The number of ether oxygens (including phenoxy) is 1. The summed E-state index contributed by atoms with van der Waals surface area (Å²) in [7, 11) is 0. The predicted molar refractivity (Wildman–Crippen MR) is 112 cm³/mol. The first-order valence-corrected chi connectivity index (χ1v) is 13.0. The molecule has 3 aromatic heterocycles. The van der Waals surface area contributed by atoms with E-state index < -0.39 is 0 Å². The summed E-state index contributed by atoms with van der Waals surface area (Å²) in [6.45, 7) is 4.48. The number of rotatable bonds is 3. The molecular weight excluding hydrogens is 524 g/mol. The van der Waals surface area contributed by atoms with E-state index >= 15 is 0 Å². The number of fused-ring (bicyclic) bond motifs is 1. The molecule has 1 saturated heterocycles. The highest BCUT2D eigenvalue weighted by molar-refractivity contribution is 14.2. The third kappa shape index (κ3) is 2.98. The number of morpholine rings is 1. The van der Waals surface area contributed by atoms with Gasteiger partial charge in [0.05, 0.1) is 36.0 Å². The van der Waals surface area contributed by atoms with Crippen molar-refractivity contribution in [1.29, 1.82) is 0 Å². The van der Waals surface area contributed by atoms with Crippen molar-refractivity contribution in [2.45, 2.75) is 13.0 Å². The number of hydrogen-bond acceptors (Lipinski definition) is 6. The minimum Gasteiger partial charge on any atom is -0.377 e. The highest BCUT2D eigenvalue weighted by Gasteiger charge is 2.23. The van der Waals surface area contributed by atoms with Crippen LogP contribution < -0.4 is 4.90 Å². The van der Waals surface area contributed by atoms with E-state index in [0.717, 1.165) is 51.7 Å². The molecule has 0 bridgehead atoms. The highest BCUT2D eigenvalue weighted by atomic mass is 127. The Hall–Kier alpha value is -0.350. The van der Waals surface area contributed by atoms with Gasteiger partial charge in [-0.25, -0.2) is 9.44 Å². The first-order chi connectivity index (χ1) is 11.7. The Balaban J connectivity index is 1.86. The molecule has 0 aliphatic carbocycles. The van der Waals surface area contributed by atoms with E-state index in [9.17, 15) is 0 Å². The molecule has 2 atom stereocenters. The van der Waals surface area contributed by atoms with Gasteiger partial charge in [0.25, 0.3) is 0 Å². The lowest BCUT2D eigenvalue weighted by Crippen LogP contribution is -2.44. The quantitative estimate of drug-likeness (QED) is 0.367. The lowest BCUT2D eigenvalue weighted by Gasteiger charge is -2.34. The van der Waals surface area contributed by atoms with Crippen LogP contribution in [-0.2, 0) is 4.74 Å². The summed E-state index contributed by atoms with van der Waals surface area (Å²) in [5, 5.41) is 4.36. The molecule has 0 aromatic carbocycles. The van der Waals surface area contributed by atoms with Crippen LogP contribution in [0.4, 0.5) is 5.82 Å². The van der Waals surface area contributed by atoms with Crippen molar-refractivity contribution in [3.05, 3.63) is 22.8 Å². The molecule has 0 N–H and O–H groups in total. The van der Waals surface area contributed by atoms with Crippen molar-refractivity contribution in [3.63, 3.8) is 0 Å². The summed E-state index contributed by atoms with van der Waals surface area (Å²) in [5.74, 6) is 0.967. The maximum atomic E-state index is 5.55. The van der Waals surface area contributed by atoms with E-state index in [-0.39, 0.29) is 0 Å². The third-order valence-corrected chi connectivity index (χ3v) is 7.64. The van der Waals surface area contributed by atoms with Crippen molar-refractivity contribution in [2.24, 2.45) is 0 Å². The molecule has 24 heavy (non-hydrogen) atoms. The van der Waals surface area contributed by atoms with Crippen LogP contribution >= 0.6 is 55.9 Å². The van der Waals surface area contributed by atoms with Crippen molar-refractivity contribution in [1.82, 2.24) is 18.9 Å². The zero-order valence-corrected chi connectivity index (χ0v) is 18.3. The molecule has 4 rings (SSSR count). The molecule has 10 heteroatoms. The van der Waals surface area contributed by atoms with Crippen LogP contribution in [0, 0.1) is 0 Å². The number of anilines is 1. The molecule has 0 spiro atoms. The van der Waals surface area contributed by atoms with Crippen molar-refractivity contribution >= 4 is 71.9 Å². The van der Waals surface area contributed by atoms with Crippen LogP contribution in [-0.4, -0.2) is 44.7 Å². The topological polar surface area (TPSA) is 56.1 Å². The summed E-state index contributed by atoms with van der Waals surface area (Å²) in [5.41, 5.74) is 2.85. The molecule has 1 aliphatic rings. The average molecular weight is 538 g/mol. The van der Waals surface area contributed by atoms with Crippen LogP contribution in [0.1, 0.15) is 6.92 Å². The van der Waals surface area contributed by atoms with Crippen LogP contribution in [0.3, 0.4) is 0 Å². The standard InChI is InChI=1S/C14H14BrIN5OPS/c1-8-7-22-5-4-20(8)11-6-9(15)14-13(18-11)12(19-24-14)10-2-3-17-21(10)23-16/h2-3,6,8,23H,4-5,7H2,1H3/t8-/m1/s1. The van der Waals surface area contributed by atoms with Gasteiger partial charge in [0, 0.05) is 17.2 Å². The molecule has 1 aliphatic heterocycles. The molecule has 3 aromatic rings. The van der Waals surface area contributed by atoms with Gasteiger partial charge in [0.1, 0.15) is 17.0 Å². The minimum absolute atomic E-state index is 0.312. The Morgan fingerprint density at radius 2 is 2.38 bits per heavy atom. The monoisotopic (exact) mass is 537 g/mol. The summed E-state index contributed by atoms with van der Waals surface area (Å²) in [6, 6.07) is 4.40. The zero-order valence-electron chi connectivity index (χ0n) is 12.7. The second-order valence-electron chi connectivity index (χ2n) is 5.50. The number of hydrogen-bond donors (Lipinski definition) is 0. The fourth-order valence-corrected chi connectivity index (χ4v) is 5.69.